The van der Waals surface area contributed by atoms with E-state index in [2.05, 4.69) is 21.2 Å². The summed E-state index contributed by atoms with van der Waals surface area (Å²) in [4.78, 5) is 12.7. The van der Waals surface area contributed by atoms with Gasteiger partial charge in [-0.15, -0.1) is 11.3 Å². The van der Waals surface area contributed by atoms with E-state index in [0.717, 1.165) is 10.2 Å². The smallest absolute Gasteiger partial charge is 0.222 e. The molecule has 0 saturated heterocycles. The highest BCUT2D eigenvalue weighted by molar-refractivity contribution is 9.11. The van der Waals surface area contributed by atoms with Crippen LogP contribution in [0, 0.1) is 5.92 Å². The van der Waals surface area contributed by atoms with Gasteiger partial charge in [0.25, 0.3) is 0 Å². The molecule has 0 bridgehead atoms. The minimum atomic E-state index is -0.550. The Morgan fingerprint density at radius 3 is 2.76 bits per heavy atom. The Morgan fingerprint density at radius 2 is 2.24 bits per heavy atom. The Morgan fingerprint density at radius 1 is 1.53 bits per heavy atom. The Kier molecular flexibility index (Phi) is 6.16. The number of halogens is 1. The van der Waals surface area contributed by atoms with Gasteiger partial charge in [-0.05, 0) is 40.4 Å². The lowest BCUT2D eigenvalue weighted by atomic mass is 10.0. The molecule has 1 aromatic rings. The molecule has 0 aliphatic carbocycles. The number of carbonyl (C=O) groups excluding carboxylic acids is 1. The second-order valence-electron chi connectivity index (χ2n) is 4.32. The number of carbonyl (C=O) groups is 1. The molecule has 3 nitrogen and oxygen atoms in total. The summed E-state index contributed by atoms with van der Waals surface area (Å²) in [5.74, 6) is 0.0378. The summed E-state index contributed by atoms with van der Waals surface area (Å²) < 4.78 is 1.11. The van der Waals surface area contributed by atoms with Crippen molar-refractivity contribution in [2.45, 2.75) is 32.8 Å². The molecular weight excluding hydrogens is 302 g/mol. The van der Waals surface area contributed by atoms with Crippen LogP contribution in [0.1, 0.15) is 25.1 Å². The normalized spacial score (nSPS) is 12.8. The van der Waals surface area contributed by atoms with Crippen LogP contribution in [0.5, 0.6) is 0 Å². The van der Waals surface area contributed by atoms with Crippen molar-refractivity contribution >= 4 is 33.2 Å². The Labute approximate surface area is 114 Å². The zero-order chi connectivity index (χ0) is 12.8. The van der Waals surface area contributed by atoms with Crippen LogP contribution < -0.4 is 5.32 Å². The molecule has 17 heavy (non-hydrogen) atoms. The van der Waals surface area contributed by atoms with Crippen LogP contribution in [0.3, 0.4) is 0 Å². The Bertz CT molecular complexity index is 365. The molecule has 1 rings (SSSR count). The average Bonchev–Trinajstić information content (AvgIpc) is 2.64. The first-order valence-corrected chi connectivity index (χ1v) is 7.29. The number of nitrogens with one attached hydrogen (secondary N) is 1. The van der Waals surface area contributed by atoms with Crippen molar-refractivity contribution in [2.24, 2.45) is 5.92 Å². The van der Waals surface area contributed by atoms with Crippen molar-refractivity contribution in [1.82, 2.24) is 5.32 Å². The number of amides is 1. The number of thiophene rings is 1. The van der Waals surface area contributed by atoms with E-state index in [1.807, 2.05) is 26.0 Å². The molecule has 1 heterocycles. The van der Waals surface area contributed by atoms with Crippen LogP contribution in [0.15, 0.2) is 15.9 Å². The van der Waals surface area contributed by atoms with Crippen molar-refractivity contribution in [3.8, 4) is 0 Å². The minimum absolute atomic E-state index is 0.0816. The quantitative estimate of drug-likeness (QED) is 0.846. The first kappa shape index (κ1) is 14.7. The number of aliphatic hydroxyl groups is 1. The van der Waals surface area contributed by atoms with E-state index < -0.39 is 6.10 Å². The minimum Gasteiger partial charge on any atom is -0.392 e. The summed E-state index contributed by atoms with van der Waals surface area (Å²) in [6, 6.07) is 4.05. The van der Waals surface area contributed by atoms with Crippen LogP contribution in [-0.2, 0) is 11.2 Å². The zero-order valence-electron chi connectivity index (χ0n) is 10.1. The predicted molar refractivity (Wildman–Crippen MR) is 74.2 cm³/mol. The van der Waals surface area contributed by atoms with Gasteiger partial charge >= 0.3 is 0 Å². The van der Waals surface area contributed by atoms with E-state index in [4.69, 9.17) is 0 Å². The summed E-state index contributed by atoms with van der Waals surface area (Å²) in [5, 5.41) is 12.4. The van der Waals surface area contributed by atoms with Crippen molar-refractivity contribution in [3.05, 3.63) is 20.8 Å². The lowest BCUT2D eigenvalue weighted by molar-refractivity contribution is -0.123. The lowest BCUT2D eigenvalue weighted by Crippen LogP contribution is -2.30. The topological polar surface area (TPSA) is 49.3 Å². The molecule has 1 unspecified atom stereocenters. The van der Waals surface area contributed by atoms with Gasteiger partial charge in [-0.2, -0.15) is 0 Å². The summed E-state index contributed by atoms with van der Waals surface area (Å²) >= 11 is 5.07. The lowest BCUT2D eigenvalue weighted by Gasteiger charge is -2.13. The van der Waals surface area contributed by atoms with Gasteiger partial charge in [0.1, 0.15) is 0 Å². The van der Waals surface area contributed by atoms with Crippen molar-refractivity contribution in [2.75, 3.05) is 6.54 Å². The van der Waals surface area contributed by atoms with Gasteiger partial charge in [-0.1, -0.05) is 13.8 Å². The van der Waals surface area contributed by atoms with E-state index >= 15 is 0 Å². The summed E-state index contributed by atoms with van der Waals surface area (Å²) in [7, 11) is 0. The molecule has 1 aromatic heterocycles. The molecule has 0 saturated carbocycles. The highest BCUT2D eigenvalue weighted by Crippen LogP contribution is 2.22. The first-order valence-electron chi connectivity index (χ1n) is 5.68. The van der Waals surface area contributed by atoms with Gasteiger partial charge < -0.3 is 10.4 Å². The second kappa shape index (κ2) is 7.13. The largest absolute Gasteiger partial charge is 0.392 e. The van der Waals surface area contributed by atoms with Gasteiger partial charge in [-0.3, -0.25) is 4.79 Å². The van der Waals surface area contributed by atoms with Gasteiger partial charge in [0.2, 0.25) is 5.91 Å². The van der Waals surface area contributed by atoms with E-state index in [0.29, 0.717) is 6.54 Å². The van der Waals surface area contributed by atoms with Crippen LogP contribution >= 0.6 is 27.3 Å². The van der Waals surface area contributed by atoms with E-state index in [1.54, 1.807) is 11.3 Å². The average molecular weight is 320 g/mol. The maximum absolute atomic E-state index is 11.5. The molecule has 2 N–H and O–H groups in total. The molecule has 0 aliphatic rings. The van der Waals surface area contributed by atoms with Crippen molar-refractivity contribution in [3.63, 3.8) is 0 Å². The number of rotatable bonds is 6. The Hall–Kier alpha value is -0.390. The highest BCUT2D eigenvalue weighted by Gasteiger charge is 2.13. The second-order valence-corrected chi connectivity index (χ2v) is 6.87. The molecular formula is C12H18BrNO2S. The first-order chi connectivity index (χ1) is 7.99. The summed E-state index contributed by atoms with van der Waals surface area (Å²) in [6.45, 7) is 4.43. The van der Waals surface area contributed by atoms with Crippen molar-refractivity contribution < 1.29 is 9.90 Å². The predicted octanol–water partition coefficient (Wildman–Crippen LogP) is 2.58. The van der Waals surface area contributed by atoms with Gasteiger partial charge in [0, 0.05) is 11.4 Å². The molecule has 0 aromatic carbocycles. The molecule has 1 amide bonds. The molecule has 0 aliphatic heterocycles. The van der Waals surface area contributed by atoms with E-state index in [9.17, 15) is 9.90 Å². The molecule has 0 radical (unpaired) electrons. The van der Waals surface area contributed by atoms with Crippen molar-refractivity contribution in [1.29, 1.82) is 0 Å². The number of aliphatic hydroxyl groups excluding tert-OH is 1. The zero-order valence-corrected chi connectivity index (χ0v) is 12.5. The number of hydrogen-bond donors (Lipinski definition) is 2. The monoisotopic (exact) mass is 319 g/mol. The standard InChI is InChI=1S/C12H18BrNO2S/c1-8(2)10(15)7-12(16)14-6-5-9-3-4-11(13)17-9/h3-4,8,10,15H,5-7H2,1-2H3,(H,14,16). The fourth-order valence-electron chi connectivity index (χ4n) is 1.31. The molecule has 96 valence electrons. The highest BCUT2D eigenvalue weighted by atomic mass is 79.9. The van der Waals surface area contributed by atoms with Crippen LogP contribution in [-0.4, -0.2) is 23.7 Å². The van der Waals surface area contributed by atoms with Gasteiger partial charge in [0.05, 0.1) is 16.3 Å². The van der Waals surface area contributed by atoms with Crippen LogP contribution in [0.2, 0.25) is 0 Å². The third-order valence-corrected chi connectivity index (χ3v) is 4.17. The van der Waals surface area contributed by atoms with E-state index in [1.165, 1.54) is 4.88 Å². The number of hydrogen-bond acceptors (Lipinski definition) is 3. The third kappa shape index (κ3) is 5.66. The maximum atomic E-state index is 11.5. The summed E-state index contributed by atoms with van der Waals surface area (Å²) in [5.41, 5.74) is 0. The SMILES string of the molecule is CC(C)C(O)CC(=O)NCCc1ccc(Br)s1. The van der Waals surface area contributed by atoms with Gasteiger partial charge in [0.15, 0.2) is 0 Å². The fraction of sp³-hybridized carbons (Fsp3) is 0.583. The van der Waals surface area contributed by atoms with Crippen LogP contribution in [0.4, 0.5) is 0 Å². The third-order valence-electron chi connectivity index (χ3n) is 2.49. The molecule has 1 atom stereocenters. The maximum Gasteiger partial charge on any atom is 0.222 e. The Balaban J connectivity index is 2.20. The van der Waals surface area contributed by atoms with Crippen LogP contribution in [0.25, 0.3) is 0 Å². The summed E-state index contributed by atoms with van der Waals surface area (Å²) in [6.07, 6.45) is 0.469. The molecule has 0 spiro atoms. The van der Waals surface area contributed by atoms with Gasteiger partial charge in [-0.25, -0.2) is 0 Å². The van der Waals surface area contributed by atoms with E-state index in [-0.39, 0.29) is 18.2 Å². The molecule has 0 fully saturated rings. The fourth-order valence-corrected chi connectivity index (χ4v) is 2.79. The molecule has 5 heteroatoms.